The highest BCUT2D eigenvalue weighted by Gasteiger charge is 2.26. The molecule has 1 N–H and O–H groups in total. The molecular formula is C16H23NOS. The Labute approximate surface area is 120 Å². The van der Waals surface area contributed by atoms with E-state index in [4.69, 9.17) is 0 Å². The number of nitrogens with one attached hydrogen (secondary N) is 1. The summed E-state index contributed by atoms with van der Waals surface area (Å²) in [5, 5.41) is 4.37. The van der Waals surface area contributed by atoms with E-state index in [1.54, 1.807) is 0 Å². The lowest BCUT2D eigenvalue weighted by Crippen LogP contribution is -2.26. The molecule has 2 unspecified atom stereocenters. The first-order valence-electron chi connectivity index (χ1n) is 7.26. The van der Waals surface area contributed by atoms with Crippen LogP contribution >= 0.6 is 11.8 Å². The minimum atomic E-state index is 0.215. The van der Waals surface area contributed by atoms with E-state index < -0.39 is 0 Å². The fourth-order valence-corrected chi connectivity index (χ4v) is 3.87. The molecule has 0 bridgehead atoms. The maximum atomic E-state index is 11.6. The molecule has 19 heavy (non-hydrogen) atoms. The van der Waals surface area contributed by atoms with E-state index in [9.17, 15) is 4.79 Å². The Kier molecular flexibility index (Phi) is 5.32. The smallest absolute Gasteiger partial charge is 0.162 e. The van der Waals surface area contributed by atoms with Gasteiger partial charge in [-0.25, -0.2) is 0 Å². The number of rotatable bonds is 6. The maximum Gasteiger partial charge on any atom is 0.162 e. The van der Waals surface area contributed by atoms with Gasteiger partial charge < -0.3 is 5.32 Å². The van der Waals surface area contributed by atoms with E-state index in [1.165, 1.54) is 25.0 Å². The van der Waals surface area contributed by atoms with Crippen LogP contribution in [0.3, 0.4) is 0 Å². The topological polar surface area (TPSA) is 29.1 Å². The van der Waals surface area contributed by atoms with Gasteiger partial charge in [0, 0.05) is 29.0 Å². The number of anilines is 1. The average molecular weight is 277 g/mol. The van der Waals surface area contributed by atoms with Crippen LogP contribution in [0.1, 0.15) is 49.9 Å². The molecule has 2 atom stereocenters. The first-order chi connectivity index (χ1) is 9.24. The van der Waals surface area contributed by atoms with Crippen molar-refractivity contribution in [3.05, 3.63) is 29.8 Å². The van der Waals surface area contributed by atoms with Crippen molar-refractivity contribution in [3.63, 3.8) is 0 Å². The highest BCUT2D eigenvalue weighted by molar-refractivity contribution is 7.99. The fraction of sp³-hybridized carbons (Fsp3) is 0.562. The summed E-state index contributed by atoms with van der Waals surface area (Å²) in [7, 11) is 0. The van der Waals surface area contributed by atoms with Gasteiger partial charge in [0.25, 0.3) is 0 Å². The highest BCUT2D eigenvalue weighted by Crippen LogP contribution is 2.32. The molecule has 2 nitrogen and oxygen atoms in total. The third-order valence-corrected chi connectivity index (χ3v) is 5.04. The van der Waals surface area contributed by atoms with Gasteiger partial charge in [0.1, 0.15) is 0 Å². The third kappa shape index (κ3) is 3.75. The van der Waals surface area contributed by atoms with Gasteiger partial charge in [0.15, 0.2) is 5.78 Å². The predicted molar refractivity (Wildman–Crippen MR) is 84.2 cm³/mol. The number of thioether (sulfide) groups is 1. The Bertz CT molecular complexity index is 415. The third-order valence-electron chi connectivity index (χ3n) is 3.71. The van der Waals surface area contributed by atoms with Crippen LogP contribution in [0.4, 0.5) is 5.69 Å². The molecule has 0 radical (unpaired) electrons. The van der Waals surface area contributed by atoms with Crippen LogP contribution in [0, 0.1) is 0 Å². The molecule has 0 aliphatic heterocycles. The zero-order valence-corrected chi connectivity index (χ0v) is 12.6. The minimum Gasteiger partial charge on any atom is -0.381 e. The van der Waals surface area contributed by atoms with Crippen LogP contribution in [-0.4, -0.2) is 22.8 Å². The molecule has 1 saturated carbocycles. The Hall–Kier alpha value is -0.960. The SMILES string of the molecule is CCSC1CCCC1Nc1ccc(C(=O)CC)cc1. The van der Waals surface area contributed by atoms with Crippen molar-refractivity contribution in [2.45, 2.75) is 50.8 Å². The van der Waals surface area contributed by atoms with Gasteiger partial charge in [0.2, 0.25) is 0 Å². The van der Waals surface area contributed by atoms with Crippen molar-refractivity contribution in [2.24, 2.45) is 0 Å². The molecule has 1 aromatic carbocycles. The first kappa shape index (κ1) is 14.4. The maximum absolute atomic E-state index is 11.6. The van der Waals surface area contributed by atoms with Crippen molar-refractivity contribution in [1.29, 1.82) is 0 Å². The second-order valence-electron chi connectivity index (χ2n) is 5.03. The second kappa shape index (κ2) is 6.99. The zero-order valence-electron chi connectivity index (χ0n) is 11.8. The van der Waals surface area contributed by atoms with Gasteiger partial charge in [0.05, 0.1) is 0 Å². The number of hydrogen-bond donors (Lipinski definition) is 1. The van der Waals surface area contributed by atoms with Gasteiger partial charge in [-0.3, -0.25) is 4.79 Å². The molecule has 1 aromatic rings. The predicted octanol–water partition coefficient (Wildman–Crippen LogP) is 4.37. The van der Waals surface area contributed by atoms with Gasteiger partial charge in [-0.15, -0.1) is 0 Å². The zero-order chi connectivity index (χ0) is 13.7. The Morgan fingerprint density at radius 2 is 2.00 bits per heavy atom. The largest absolute Gasteiger partial charge is 0.381 e. The molecule has 104 valence electrons. The van der Waals surface area contributed by atoms with Crippen LogP contribution in [-0.2, 0) is 0 Å². The number of hydrogen-bond acceptors (Lipinski definition) is 3. The second-order valence-corrected chi connectivity index (χ2v) is 6.55. The summed E-state index contributed by atoms with van der Waals surface area (Å²) in [5.74, 6) is 1.40. The van der Waals surface area contributed by atoms with Crippen LogP contribution < -0.4 is 5.32 Å². The monoisotopic (exact) mass is 277 g/mol. The van der Waals surface area contributed by atoms with Crippen LogP contribution in [0.5, 0.6) is 0 Å². The summed E-state index contributed by atoms with van der Waals surface area (Å²) >= 11 is 2.06. The molecule has 0 amide bonds. The molecule has 1 fully saturated rings. The van der Waals surface area contributed by atoms with Gasteiger partial charge in [-0.2, -0.15) is 11.8 Å². The molecule has 0 aromatic heterocycles. The molecule has 0 heterocycles. The van der Waals surface area contributed by atoms with E-state index in [-0.39, 0.29) is 5.78 Å². The van der Waals surface area contributed by atoms with Gasteiger partial charge >= 0.3 is 0 Å². The van der Waals surface area contributed by atoms with Gasteiger partial charge in [-0.05, 0) is 42.9 Å². The molecule has 0 spiro atoms. The van der Waals surface area contributed by atoms with E-state index in [0.717, 1.165) is 16.5 Å². The Balaban J connectivity index is 1.97. The molecular weight excluding hydrogens is 254 g/mol. The van der Waals surface area contributed by atoms with E-state index >= 15 is 0 Å². The summed E-state index contributed by atoms with van der Waals surface area (Å²) in [5.41, 5.74) is 1.96. The molecule has 3 heteroatoms. The van der Waals surface area contributed by atoms with E-state index in [1.807, 2.05) is 31.2 Å². The average Bonchev–Trinajstić information content (AvgIpc) is 2.86. The van der Waals surface area contributed by atoms with Crippen molar-refractivity contribution in [2.75, 3.05) is 11.1 Å². The first-order valence-corrected chi connectivity index (χ1v) is 8.30. The van der Waals surface area contributed by atoms with Crippen LogP contribution in [0.25, 0.3) is 0 Å². The Morgan fingerprint density at radius 1 is 1.26 bits per heavy atom. The van der Waals surface area contributed by atoms with Crippen molar-refractivity contribution >= 4 is 23.2 Å². The lowest BCUT2D eigenvalue weighted by atomic mass is 10.1. The van der Waals surface area contributed by atoms with Crippen molar-refractivity contribution in [3.8, 4) is 0 Å². The summed E-state index contributed by atoms with van der Waals surface area (Å²) in [6.45, 7) is 4.13. The number of carbonyl (C=O) groups excluding carboxylic acids is 1. The normalized spacial score (nSPS) is 22.4. The van der Waals surface area contributed by atoms with Crippen molar-refractivity contribution < 1.29 is 4.79 Å². The van der Waals surface area contributed by atoms with Crippen LogP contribution in [0.2, 0.25) is 0 Å². The number of Topliss-reactive ketones (excluding diaryl/α,β-unsaturated/α-hetero) is 1. The minimum absolute atomic E-state index is 0.215. The lowest BCUT2D eigenvalue weighted by Gasteiger charge is -2.21. The number of benzene rings is 1. The number of ketones is 1. The Morgan fingerprint density at radius 3 is 2.63 bits per heavy atom. The summed E-state index contributed by atoms with van der Waals surface area (Å²) in [6, 6.07) is 8.53. The van der Waals surface area contributed by atoms with E-state index in [2.05, 4.69) is 24.0 Å². The summed E-state index contributed by atoms with van der Waals surface area (Å²) < 4.78 is 0. The molecule has 1 aliphatic rings. The summed E-state index contributed by atoms with van der Waals surface area (Å²) in [4.78, 5) is 11.6. The van der Waals surface area contributed by atoms with Gasteiger partial charge in [-0.1, -0.05) is 20.3 Å². The van der Waals surface area contributed by atoms with Crippen molar-refractivity contribution in [1.82, 2.24) is 0 Å². The van der Waals surface area contributed by atoms with Crippen LogP contribution in [0.15, 0.2) is 24.3 Å². The molecule has 2 rings (SSSR count). The molecule has 1 aliphatic carbocycles. The highest BCUT2D eigenvalue weighted by atomic mass is 32.2. The quantitative estimate of drug-likeness (QED) is 0.783. The number of carbonyl (C=O) groups is 1. The lowest BCUT2D eigenvalue weighted by molar-refractivity contribution is 0.0988. The standard InChI is InChI=1S/C16H23NOS/c1-3-15(18)12-8-10-13(11-9-12)17-14-6-5-7-16(14)19-4-2/h8-11,14,16-17H,3-7H2,1-2H3. The summed E-state index contributed by atoms with van der Waals surface area (Å²) in [6.07, 6.45) is 4.47. The van der Waals surface area contributed by atoms with E-state index in [0.29, 0.717) is 12.5 Å². The fourth-order valence-electron chi connectivity index (χ4n) is 2.68. The molecule has 0 saturated heterocycles.